The molecule has 1 amide bonds. The maximum Gasteiger partial charge on any atom is 0.350 e. The Labute approximate surface area is 494 Å². The van der Waals surface area contributed by atoms with Crippen molar-refractivity contribution in [3.8, 4) is 5.75 Å². The van der Waals surface area contributed by atoms with Crippen LogP contribution in [0, 0.1) is 28.3 Å². The molecule has 2 unspecified atom stereocenters. The van der Waals surface area contributed by atoms with Gasteiger partial charge in [-0.2, -0.15) is 15.1 Å². The van der Waals surface area contributed by atoms with Crippen LogP contribution in [0.15, 0.2) is 30.7 Å². The number of nitrogens with zero attached hydrogens (tertiary/aromatic N) is 9. The Morgan fingerprint density at radius 2 is 1.40 bits per heavy atom. The molecular formula is C53H76ClF3N11O16P. The molecule has 32 heteroatoms. The summed E-state index contributed by atoms with van der Waals surface area (Å²) < 4.78 is 114. The molecule has 0 radical (unpaired) electrons. The van der Waals surface area contributed by atoms with Crippen molar-refractivity contribution in [3.63, 3.8) is 0 Å². The smallest absolute Gasteiger partial charge is 0.350 e. The molecule has 3 saturated heterocycles. The Hall–Kier alpha value is -5.31. The monoisotopic (exact) mass is 1250 g/mol. The normalized spacial score (nSPS) is 16.8. The highest BCUT2D eigenvalue weighted by molar-refractivity contribution is 7.51. The fourth-order valence-corrected chi connectivity index (χ4v) is 10.0. The third-order valence-electron chi connectivity index (χ3n) is 13.5. The summed E-state index contributed by atoms with van der Waals surface area (Å²) in [6.45, 7) is 9.41. The number of hydrogen-bond acceptors (Lipinski definition) is 22. The molecule has 3 aromatic heterocycles. The molecule has 0 saturated carbocycles. The predicted octanol–water partition coefficient (Wildman–Crippen LogP) is 4.30. The second-order valence-electron chi connectivity index (χ2n) is 20.3. The van der Waals surface area contributed by atoms with Crippen LogP contribution in [0.3, 0.4) is 0 Å². The number of benzene rings is 1. The minimum Gasteiger partial charge on any atom is -0.420 e. The molecule has 0 bridgehead atoms. The van der Waals surface area contributed by atoms with Crippen molar-refractivity contribution in [2.24, 2.45) is 5.41 Å². The van der Waals surface area contributed by atoms with Crippen LogP contribution in [0.2, 0.25) is 5.28 Å². The van der Waals surface area contributed by atoms with E-state index >= 15 is 0 Å². The molecule has 27 nitrogen and oxygen atoms in total. The van der Waals surface area contributed by atoms with Gasteiger partial charge in [-0.05, 0) is 56.5 Å². The Kier molecular flexibility index (Phi) is 28.1. The number of nitrogens with one attached hydrogen (secondary N) is 2. The fraction of sp³-hybridized carbons (Fsp3) is 0.660. The van der Waals surface area contributed by atoms with Crippen LogP contribution < -0.4 is 15.0 Å². The number of unbranched alkanes of at least 4 members (excludes halogenated alkanes) is 1. The van der Waals surface area contributed by atoms with Gasteiger partial charge in [-0.3, -0.25) is 18.8 Å². The summed E-state index contributed by atoms with van der Waals surface area (Å²) in [7, 11) is -4.28. The molecule has 2 atom stereocenters. The molecule has 1 spiro atoms. The van der Waals surface area contributed by atoms with E-state index in [9.17, 15) is 27.3 Å². The van der Waals surface area contributed by atoms with Gasteiger partial charge in [-0.15, -0.1) is 5.10 Å². The van der Waals surface area contributed by atoms with Crippen LogP contribution in [0.25, 0.3) is 0 Å². The highest BCUT2D eigenvalue weighted by atomic mass is 35.5. The topological polar surface area (TPSA) is 310 Å². The number of ether oxygens (including phenoxy) is 11. The Morgan fingerprint density at radius 3 is 2.01 bits per heavy atom. The maximum atomic E-state index is 13.8. The summed E-state index contributed by atoms with van der Waals surface area (Å²) in [5.41, 5.74) is 1.75. The number of carbonyl (C=O) groups excluding carboxylic acids is 2. The van der Waals surface area contributed by atoms with Gasteiger partial charge in [-0.1, -0.05) is 5.21 Å². The average Bonchev–Trinajstić information content (AvgIpc) is 1.54. The van der Waals surface area contributed by atoms with E-state index in [2.05, 4.69) is 40.3 Å². The number of halogens is 4. The number of likely N-dealkylation sites (tertiary alicyclic amines) is 1. The highest BCUT2D eigenvalue weighted by Gasteiger charge is 2.48. The van der Waals surface area contributed by atoms with Gasteiger partial charge in [0.25, 0.3) is 5.91 Å². The van der Waals surface area contributed by atoms with Crippen molar-refractivity contribution < 1.29 is 89.2 Å². The molecular weight excluding hydrogens is 1170 g/mol. The minimum absolute atomic E-state index is 0.00951. The van der Waals surface area contributed by atoms with Crippen molar-refractivity contribution in [2.45, 2.75) is 76.8 Å². The number of aryl methyl sites for hydroxylation is 2. The van der Waals surface area contributed by atoms with Crippen molar-refractivity contribution in [1.29, 1.82) is 5.41 Å². The summed E-state index contributed by atoms with van der Waals surface area (Å²) in [5.74, 6) is -4.80. The first-order valence-corrected chi connectivity index (χ1v) is 30.4. The third kappa shape index (κ3) is 23.4. The van der Waals surface area contributed by atoms with Crippen LogP contribution in [0.1, 0.15) is 66.6 Å². The van der Waals surface area contributed by atoms with Crippen LogP contribution in [-0.2, 0) is 76.2 Å². The van der Waals surface area contributed by atoms with Crippen molar-refractivity contribution in [2.75, 3.05) is 155 Å². The summed E-state index contributed by atoms with van der Waals surface area (Å²) >= 11 is 6.40. The van der Waals surface area contributed by atoms with E-state index < -0.39 is 49.3 Å². The van der Waals surface area contributed by atoms with E-state index in [1.165, 1.54) is 6.21 Å². The lowest BCUT2D eigenvalue weighted by Gasteiger charge is -2.55. The number of amides is 1. The molecule has 7 rings (SSSR count). The molecule has 3 aliphatic rings. The van der Waals surface area contributed by atoms with E-state index in [0.29, 0.717) is 173 Å². The zero-order chi connectivity index (χ0) is 60.3. The van der Waals surface area contributed by atoms with Gasteiger partial charge in [0.2, 0.25) is 11.0 Å². The largest absolute Gasteiger partial charge is 0.420 e. The molecule has 1 aromatic carbocycles. The molecule has 0 aliphatic carbocycles. The van der Waals surface area contributed by atoms with Crippen LogP contribution in [0.5, 0.6) is 5.75 Å². The fourth-order valence-electron chi connectivity index (χ4n) is 9.53. The van der Waals surface area contributed by atoms with Gasteiger partial charge >= 0.3 is 13.6 Å². The number of aromatic nitrogens is 7. The third-order valence-corrected chi connectivity index (χ3v) is 14.2. The molecule has 6 heterocycles. The molecule has 472 valence electrons. The first kappa shape index (κ1) is 67.2. The average molecular weight is 1250 g/mol. The van der Waals surface area contributed by atoms with Crippen molar-refractivity contribution in [3.05, 3.63) is 70.3 Å². The molecule has 85 heavy (non-hydrogen) atoms. The maximum absolute atomic E-state index is 13.8. The van der Waals surface area contributed by atoms with Gasteiger partial charge in [0.15, 0.2) is 11.6 Å². The van der Waals surface area contributed by atoms with Crippen LogP contribution in [0.4, 0.5) is 24.8 Å². The Bertz CT molecular complexity index is 2720. The van der Waals surface area contributed by atoms with E-state index in [1.807, 2.05) is 22.0 Å². The Morgan fingerprint density at radius 1 is 0.788 bits per heavy atom. The lowest BCUT2D eigenvalue weighted by Crippen LogP contribution is -2.64. The predicted molar refractivity (Wildman–Crippen MR) is 297 cm³/mol. The number of hydrogen-bond donors (Lipinski definition) is 4. The van der Waals surface area contributed by atoms with Crippen molar-refractivity contribution in [1.82, 2.24) is 39.6 Å². The first-order chi connectivity index (χ1) is 41.2. The summed E-state index contributed by atoms with van der Waals surface area (Å²) in [5, 5.41) is 24.5. The van der Waals surface area contributed by atoms with E-state index in [4.69, 9.17) is 74.2 Å². The van der Waals surface area contributed by atoms with E-state index in [1.54, 1.807) is 10.9 Å². The zero-order valence-corrected chi connectivity index (χ0v) is 49.0. The van der Waals surface area contributed by atoms with E-state index in [-0.39, 0.29) is 55.6 Å². The van der Waals surface area contributed by atoms with Crippen molar-refractivity contribution >= 4 is 48.9 Å². The molecule has 3 fully saturated rings. The summed E-state index contributed by atoms with van der Waals surface area (Å²) in [4.78, 5) is 56.4. The van der Waals surface area contributed by atoms with Gasteiger partial charge < -0.3 is 82.4 Å². The lowest BCUT2D eigenvalue weighted by atomic mass is 9.73. The molecule has 4 aromatic rings. The van der Waals surface area contributed by atoms with Crippen LogP contribution in [-0.4, -0.2) is 225 Å². The second-order valence-corrected chi connectivity index (χ2v) is 22.2. The summed E-state index contributed by atoms with van der Waals surface area (Å²) in [6.07, 6.45) is 10.2. The van der Waals surface area contributed by atoms with Gasteiger partial charge in [-0.25, -0.2) is 17.9 Å². The van der Waals surface area contributed by atoms with Gasteiger partial charge in [0.1, 0.15) is 30.0 Å². The SMILES string of the molecule is N=Cc1c(NC2CCC(COCP(=O)(O)O)O2)nc(Cl)nc1N1CC2(CCCN(C(=O)c3cnn(CCCCc4cn(CCOCCOCCOCCOCCOCCOCCOCCOCCC(=O)Oc5c(F)cc(F)cc5F)nn4)c3)C2)C1. The first-order valence-electron chi connectivity index (χ1n) is 28.2. The van der Waals surface area contributed by atoms with Gasteiger partial charge in [0, 0.05) is 68.9 Å². The number of piperidine rings is 1. The van der Waals surface area contributed by atoms with Gasteiger partial charge in [0.05, 0.1) is 154 Å². The number of esters is 1. The lowest BCUT2D eigenvalue weighted by molar-refractivity contribution is -0.136. The number of carbonyl (C=O) groups is 2. The summed E-state index contributed by atoms with van der Waals surface area (Å²) in [6, 6.07) is 0.842. The standard InChI is InChI=1S/C53H76ClF3N11O16P/c54-52-61-49(60-46-6-5-42(83-46)34-82-38-85(71,72)73)43(30-58)50(62-52)66-36-53(37-66)8-3-9-65(35-53)51(70)39-31-59-67(32-39)10-2-1-4-41-33-68(64-63-41)11-13-75-15-17-77-19-21-79-23-25-81-27-26-80-24-22-78-20-18-76-16-14-74-12-7-47(69)84-48-44(56)28-40(55)29-45(48)57/h28-33,42,46,58H,1-27,34-38H2,(H,60,61,62)(H2,71,72,73). The number of anilines is 2. The molecule has 3 aliphatic heterocycles. The van der Waals surface area contributed by atoms with Crippen LogP contribution >= 0.6 is 19.2 Å². The molecule has 4 N–H and O–H groups in total. The van der Waals surface area contributed by atoms with E-state index in [0.717, 1.165) is 37.8 Å². The second kappa shape index (κ2) is 35.5. The zero-order valence-electron chi connectivity index (χ0n) is 47.3. The number of rotatable bonds is 42. The minimum atomic E-state index is -4.28. The Balaban J connectivity index is 0.630. The highest BCUT2D eigenvalue weighted by Crippen LogP contribution is 2.43. The quantitative estimate of drug-likeness (QED) is 0.0120.